The summed E-state index contributed by atoms with van der Waals surface area (Å²) >= 11 is 0. The largest absolute Gasteiger partial charge is 0.377 e. The number of hydrogen-bond donors (Lipinski definition) is 1. The lowest BCUT2D eigenvalue weighted by atomic mass is 10.2. The molecule has 6 heteroatoms. The van der Waals surface area contributed by atoms with Crippen LogP contribution in [0, 0.1) is 0 Å². The van der Waals surface area contributed by atoms with E-state index in [4.69, 9.17) is 4.74 Å². The molecule has 0 aromatic carbocycles. The van der Waals surface area contributed by atoms with Crippen LogP contribution >= 0.6 is 0 Å². The van der Waals surface area contributed by atoms with Crippen molar-refractivity contribution >= 4 is 5.78 Å². The maximum absolute atomic E-state index is 11.8. The van der Waals surface area contributed by atoms with Gasteiger partial charge in [-0.05, 0) is 20.8 Å². The van der Waals surface area contributed by atoms with Gasteiger partial charge in [-0.15, -0.1) is 0 Å². The standard InChI is InChI=1S/C11H16N2O4/c1-7(2)17-5-4-13-10(15)9(8(3)14)6-12-11(13)16/h6-7H,4-5H2,1-3H3,(H,12,16). The molecule has 0 fully saturated rings. The Morgan fingerprint density at radius 2 is 2.12 bits per heavy atom. The average Bonchev–Trinajstić information content (AvgIpc) is 2.21. The van der Waals surface area contributed by atoms with E-state index >= 15 is 0 Å². The molecule has 0 atom stereocenters. The van der Waals surface area contributed by atoms with E-state index in [1.807, 2.05) is 13.8 Å². The van der Waals surface area contributed by atoms with Gasteiger partial charge in [0, 0.05) is 6.20 Å². The number of hydrogen-bond acceptors (Lipinski definition) is 4. The van der Waals surface area contributed by atoms with Gasteiger partial charge in [0.1, 0.15) is 0 Å². The van der Waals surface area contributed by atoms with Crippen molar-refractivity contribution in [3.8, 4) is 0 Å². The first-order valence-corrected chi connectivity index (χ1v) is 5.38. The molecular formula is C11H16N2O4. The number of aromatic nitrogens is 2. The second-order valence-corrected chi connectivity index (χ2v) is 3.94. The number of carbonyl (C=O) groups is 1. The Balaban J connectivity index is 2.99. The molecule has 17 heavy (non-hydrogen) atoms. The number of aromatic amines is 1. The highest BCUT2D eigenvalue weighted by Crippen LogP contribution is 1.90. The molecule has 0 saturated heterocycles. The lowest BCUT2D eigenvalue weighted by Crippen LogP contribution is -2.38. The fraction of sp³-hybridized carbons (Fsp3) is 0.545. The van der Waals surface area contributed by atoms with Gasteiger partial charge in [0.15, 0.2) is 5.78 Å². The minimum Gasteiger partial charge on any atom is -0.377 e. The van der Waals surface area contributed by atoms with Crippen molar-refractivity contribution < 1.29 is 9.53 Å². The minimum atomic E-state index is -0.575. The SMILES string of the molecule is CC(=O)c1c[nH]c(=O)n(CCOC(C)C)c1=O. The van der Waals surface area contributed by atoms with E-state index in [2.05, 4.69) is 4.98 Å². The molecule has 1 aromatic heterocycles. The number of nitrogens with one attached hydrogen (secondary N) is 1. The molecule has 6 nitrogen and oxygen atoms in total. The monoisotopic (exact) mass is 240 g/mol. The summed E-state index contributed by atoms with van der Waals surface area (Å²) in [4.78, 5) is 36.7. The molecule has 0 spiro atoms. The third kappa shape index (κ3) is 3.39. The summed E-state index contributed by atoms with van der Waals surface area (Å²) in [5.41, 5.74) is -1.13. The Hall–Kier alpha value is -1.69. The molecule has 0 aliphatic carbocycles. The molecular weight excluding hydrogens is 224 g/mol. The summed E-state index contributed by atoms with van der Waals surface area (Å²) in [6.45, 7) is 5.39. The van der Waals surface area contributed by atoms with Gasteiger partial charge in [0.05, 0.1) is 24.8 Å². The van der Waals surface area contributed by atoms with Gasteiger partial charge in [0.2, 0.25) is 0 Å². The van der Waals surface area contributed by atoms with Gasteiger partial charge in [-0.2, -0.15) is 0 Å². The fourth-order valence-electron chi connectivity index (χ4n) is 1.35. The molecule has 1 heterocycles. The highest BCUT2D eigenvalue weighted by molar-refractivity contribution is 5.93. The number of ether oxygens (including phenoxy) is 1. The van der Waals surface area contributed by atoms with E-state index in [0.29, 0.717) is 0 Å². The summed E-state index contributed by atoms with van der Waals surface area (Å²) in [5.74, 6) is -0.371. The third-order valence-corrected chi connectivity index (χ3v) is 2.21. The van der Waals surface area contributed by atoms with Crippen molar-refractivity contribution in [1.29, 1.82) is 0 Å². The van der Waals surface area contributed by atoms with Gasteiger partial charge >= 0.3 is 5.69 Å². The molecule has 94 valence electrons. The minimum absolute atomic E-state index is 0.0193. The Labute approximate surface area is 98.2 Å². The van der Waals surface area contributed by atoms with Crippen molar-refractivity contribution in [1.82, 2.24) is 9.55 Å². The second kappa shape index (κ2) is 5.58. The number of carbonyl (C=O) groups excluding carboxylic acids is 1. The smallest absolute Gasteiger partial charge is 0.328 e. The van der Waals surface area contributed by atoms with Crippen LogP contribution in [0.25, 0.3) is 0 Å². The Bertz CT molecular complexity index is 513. The highest BCUT2D eigenvalue weighted by Gasteiger charge is 2.10. The predicted molar refractivity (Wildman–Crippen MR) is 62.4 cm³/mol. The van der Waals surface area contributed by atoms with E-state index in [-0.39, 0.29) is 30.6 Å². The lowest BCUT2D eigenvalue weighted by Gasteiger charge is -2.08. The molecule has 1 rings (SSSR count). The van der Waals surface area contributed by atoms with Crippen LogP contribution in [0.4, 0.5) is 0 Å². The van der Waals surface area contributed by atoms with Gasteiger partial charge in [-0.1, -0.05) is 0 Å². The Morgan fingerprint density at radius 1 is 1.47 bits per heavy atom. The van der Waals surface area contributed by atoms with Gasteiger partial charge in [-0.3, -0.25) is 14.2 Å². The molecule has 0 amide bonds. The fourth-order valence-corrected chi connectivity index (χ4v) is 1.35. The van der Waals surface area contributed by atoms with Crippen molar-refractivity contribution in [3.63, 3.8) is 0 Å². The molecule has 0 saturated carbocycles. The summed E-state index contributed by atoms with van der Waals surface area (Å²) in [6.07, 6.45) is 1.17. The van der Waals surface area contributed by atoms with Crippen molar-refractivity contribution in [3.05, 3.63) is 32.6 Å². The number of ketones is 1. The van der Waals surface area contributed by atoms with Crippen LogP contribution in [0.5, 0.6) is 0 Å². The first kappa shape index (κ1) is 13.4. The zero-order valence-corrected chi connectivity index (χ0v) is 10.1. The van der Waals surface area contributed by atoms with Crippen molar-refractivity contribution in [2.75, 3.05) is 6.61 Å². The summed E-state index contributed by atoms with van der Waals surface area (Å²) in [5, 5.41) is 0. The summed E-state index contributed by atoms with van der Waals surface area (Å²) < 4.78 is 6.23. The second-order valence-electron chi connectivity index (χ2n) is 3.94. The number of H-pyrrole nitrogens is 1. The maximum Gasteiger partial charge on any atom is 0.328 e. The molecule has 1 N–H and O–H groups in total. The molecule has 0 radical (unpaired) electrons. The lowest BCUT2D eigenvalue weighted by molar-refractivity contribution is 0.0714. The average molecular weight is 240 g/mol. The highest BCUT2D eigenvalue weighted by atomic mass is 16.5. The first-order chi connectivity index (χ1) is 7.93. The molecule has 0 bridgehead atoms. The zero-order chi connectivity index (χ0) is 13.0. The van der Waals surface area contributed by atoms with Crippen LogP contribution in [-0.4, -0.2) is 28.0 Å². The number of Topliss-reactive ketones (excluding diaryl/α,β-unsaturated/α-hetero) is 1. The summed E-state index contributed by atoms with van der Waals surface area (Å²) in [6, 6.07) is 0. The van der Waals surface area contributed by atoms with E-state index in [9.17, 15) is 14.4 Å². The van der Waals surface area contributed by atoms with E-state index in [1.54, 1.807) is 0 Å². The quantitative estimate of drug-likeness (QED) is 0.743. The number of rotatable bonds is 5. The Kier molecular flexibility index (Phi) is 4.39. The van der Waals surface area contributed by atoms with Crippen LogP contribution in [0.1, 0.15) is 31.1 Å². The molecule has 1 aromatic rings. The molecule has 0 unspecified atom stereocenters. The normalized spacial score (nSPS) is 10.8. The van der Waals surface area contributed by atoms with E-state index < -0.39 is 11.2 Å². The van der Waals surface area contributed by atoms with E-state index in [1.165, 1.54) is 6.92 Å². The Morgan fingerprint density at radius 3 is 2.65 bits per heavy atom. The first-order valence-electron chi connectivity index (χ1n) is 5.38. The van der Waals surface area contributed by atoms with Crippen LogP contribution in [0.15, 0.2) is 15.8 Å². The van der Waals surface area contributed by atoms with E-state index in [0.717, 1.165) is 10.8 Å². The van der Waals surface area contributed by atoms with Gasteiger partial charge < -0.3 is 9.72 Å². The third-order valence-electron chi connectivity index (χ3n) is 2.21. The van der Waals surface area contributed by atoms with Crippen molar-refractivity contribution in [2.24, 2.45) is 0 Å². The number of nitrogens with zero attached hydrogens (tertiary/aromatic N) is 1. The zero-order valence-electron chi connectivity index (χ0n) is 10.1. The summed E-state index contributed by atoms with van der Waals surface area (Å²) in [7, 11) is 0. The topological polar surface area (TPSA) is 81.2 Å². The van der Waals surface area contributed by atoms with Crippen molar-refractivity contribution in [2.45, 2.75) is 33.4 Å². The van der Waals surface area contributed by atoms with Crippen LogP contribution in [0.3, 0.4) is 0 Å². The maximum atomic E-state index is 11.8. The predicted octanol–water partition coefficient (Wildman–Crippen LogP) is 0.164. The van der Waals surface area contributed by atoms with Gasteiger partial charge in [0.25, 0.3) is 5.56 Å². The molecule has 0 aliphatic heterocycles. The van der Waals surface area contributed by atoms with Crippen LogP contribution in [0.2, 0.25) is 0 Å². The van der Waals surface area contributed by atoms with Crippen LogP contribution in [-0.2, 0) is 11.3 Å². The van der Waals surface area contributed by atoms with Gasteiger partial charge in [-0.25, -0.2) is 4.79 Å². The van der Waals surface area contributed by atoms with Crippen LogP contribution < -0.4 is 11.2 Å². The molecule has 0 aliphatic rings.